The van der Waals surface area contributed by atoms with Gasteiger partial charge >= 0.3 is 18.0 Å². The standard InChI is InChI=1S/C15H18F6N2O2/c1-9(2)8-12(24)23-13(14(16,17)18,15(19,20)21)22-10-4-6-11(25-3)7-5-10/h4-7,9,22H,8H2,1-3H3,(H,23,24). The number of benzene rings is 1. The summed E-state index contributed by atoms with van der Waals surface area (Å²) < 4.78 is 85.1. The molecule has 0 atom stereocenters. The molecule has 0 aliphatic rings. The summed E-state index contributed by atoms with van der Waals surface area (Å²) in [4.78, 5) is 11.7. The predicted molar refractivity (Wildman–Crippen MR) is 79.1 cm³/mol. The van der Waals surface area contributed by atoms with Crippen LogP contribution in [0, 0.1) is 5.92 Å². The number of carbonyl (C=O) groups excluding carboxylic acids is 1. The van der Waals surface area contributed by atoms with E-state index in [9.17, 15) is 31.1 Å². The second kappa shape index (κ2) is 7.40. The lowest BCUT2D eigenvalue weighted by molar-refractivity contribution is -0.296. The van der Waals surface area contributed by atoms with E-state index in [-0.39, 0.29) is 5.75 Å². The maximum absolute atomic E-state index is 13.4. The first-order valence-electron chi connectivity index (χ1n) is 7.19. The van der Waals surface area contributed by atoms with Crippen LogP contribution in [0.5, 0.6) is 5.75 Å². The summed E-state index contributed by atoms with van der Waals surface area (Å²) in [6, 6.07) is 4.35. The number of ether oxygens (including phenoxy) is 1. The Hall–Kier alpha value is -2.13. The molecule has 0 heterocycles. The summed E-state index contributed by atoms with van der Waals surface area (Å²) >= 11 is 0. The molecular formula is C15H18F6N2O2. The smallest absolute Gasteiger partial charge is 0.439 e. The van der Waals surface area contributed by atoms with Crippen molar-refractivity contribution < 1.29 is 35.9 Å². The number of rotatable bonds is 6. The molecule has 0 aromatic heterocycles. The Labute approximate surface area is 140 Å². The van der Waals surface area contributed by atoms with E-state index in [0.717, 1.165) is 17.4 Å². The zero-order valence-electron chi connectivity index (χ0n) is 13.7. The van der Waals surface area contributed by atoms with Gasteiger partial charge in [-0.25, -0.2) is 0 Å². The van der Waals surface area contributed by atoms with Crippen molar-refractivity contribution in [2.45, 2.75) is 38.3 Å². The van der Waals surface area contributed by atoms with E-state index < -0.39 is 41.9 Å². The zero-order chi connectivity index (χ0) is 19.5. The SMILES string of the molecule is COc1ccc(NC(NC(=O)CC(C)C)(C(F)(F)F)C(F)(F)F)cc1. The van der Waals surface area contributed by atoms with Crippen LogP contribution >= 0.6 is 0 Å². The summed E-state index contributed by atoms with van der Waals surface area (Å²) in [7, 11) is 1.30. The summed E-state index contributed by atoms with van der Waals surface area (Å²) in [6.07, 6.45) is -12.2. The summed E-state index contributed by atoms with van der Waals surface area (Å²) in [5.74, 6) is -1.54. The number of hydrogen-bond donors (Lipinski definition) is 2. The summed E-state index contributed by atoms with van der Waals surface area (Å²) in [6.45, 7) is 3.00. The second-order valence-corrected chi connectivity index (χ2v) is 5.75. The number of nitrogens with one attached hydrogen (secondary N) is 2. The predicted octanol–water partition coefficient (Wildman–Crippen LogP) is 4.09. The number of alkyl halides is 6. The maximum atomic E-state index is 13.4. The minimum atomic E-state index is -5.84. The van der Waals surface area contributed by atoms with Gasteiger partial charge in [0.1, 0.15) is 5.75 Å². The van der Waals surface area contributed by atoms with Gasteiger partial charge < -0.3 is 15.4 Å². The highest BCUT2D eigenvalue weighted by Gasteiger charge is 2.72. The number of carbonyl (C=O) groups is 1. The van der Waals surface area contributed by atoms with E-state index in [1.165, 1.54) is 38.4 Å². The van der Waals surface area contributed by atoms with Crippen LogP contribution in [0.1, 0.15) is 20.3 Å². The first kappa shape index (κ1) is 20.9. The molecule has 1 amide bonds. The highest BCUT2D eigenvalue weighted by molar-refractivity contribution is 5.78. The monoisotopic (exact) mass is 372 g/mol. The zero-order valence-corrected chi connectivity index (χ0v) is 13.7. The van der Waals surface area contributed by atoms with Crippen LogP contribution in [-0.4, -0.2) is 31.0 Å². The largest absolute Gasteiger partial charge is 0.497 e. The molecular weight excluding hydrogens is 354 g/mol. The topological polar surface area (TPSA) is 50.4 Å². The van der Waals surface area contributed by atoms with Gasteiger partial charge in [0.25, 0.3) is 0 Å². The van der Waals surface area contributed by atoms with E-state index in [0.29, 0.717) is 0 Å². The lowest BCUT2D eigenvalue weighted by Crippen LogP contribution is -2.72. The molecule has 0 aliphatic heterocycles. The van der Waals surface area contributed by atoms with Crippen molar-refractivity contribution in [2.24, 2.45) is 5.92 Å². The number of methoxy groups -OCH3 is 1. The van der Waals surface area contributed by atoms with Crippen molar-refractivity contribution in [2.75, 3.05) is 12.4 Å². The van der Waals surface area contributed by atoms with Gasteiger partial charge in [-0.2, -0.15) is 26.3 Å². The van der Waals surface area contributed by atoms with Crippen molar-refractivity contribution >= 4 is 11.6 Å². The fourth-order valence-electron chi connectivity index (χ4n) is 2.00. The van der Waals surface area contributed by atoms with Gasteiger partial charge in [0.2, 0.25) is 5.91 Å². The maximum Gasteiger partial charge on any atom is 0.439 e. The molecule has 0 unspecified atom stereocenters. The van der Waals surface area contributed by atoms with Gasteiger partial charge in [-0.15, -0.1) is 0 Å². The third-order valence-corrected chi connectivity index (χ3v) is 3.19. The highest BCUT2D eigenvalue weighted by Crippen LogP contribution is 2.43. The molecule has 1 rings (SSSR count). The Morgan fingerprint density at radius 3 is 1.88 bits per heavy atom. The van der Waals surface area contributed by atoms with Crippen LogP contribution in [-0.2, 0) is 4.79 Å². The molecule has 0 saturated carbocycles. The molecule has 0 aliphatic carbocycles. The molecule has 0 bridgehead atoms. The second-order valence-electron chi connectivity index (χ2n) is 5.75. The quantitative estimate of drug-likeness (QED) is 0.584. The van der Waals surface area contributed by atoms with Crippen LogP contribution in [0.3, 0.4) is 0 Å². The molecule has 10 heteroatoms. The Morgan fingerprint density at radius 1 is 1.04 bits per heavy atom. The van der Waals surface area contributed by atoms with Gasteiger partial charge in [0.15, 0.2) is 0 Å². The van der Waals surface area contributed by atoms with Crippen LogP contribution in [0.4, 0.5) is 32.0 Å². The molecule has 0 fully saturated rings. The van der Waals surface area contributed by atoms with Crippen LogP contribution < -0.4 is 15.4 Å². The number of halogens is 6. The van der Waals surface area contributed by atoms with Crippen LogP contribution in [0.25, 0.3) is 0 Å². The van der Waals surface area contributed by atoms with Crippen molar-refractivity contribution in [1.82, 2.24) is 5.32 Å². The number of amides is 1. The van der Waals surface area contributed by atoms with E-state index in [1.807, 2.05) is 0 Å². The summed E-state index contributed by atoms with van der Waals surface area (Å²) in [5.41, 5.74) is -5.10. The Morgan fingerprint density at radius 2 is 1.52 bits per heavy atom. The molecule has 2 N–H and O–H groups in total. The normalized spacial score (nSPS) is 12.9. The van der Waals surface area contributed by atoms with Gasteiger partial charge in [0, 0.05) is 12.1 Å². The van der Waals surface area contributed by atoms with E-state index in [2.05, 4.69) is 0 Å². The van der Waals surface area contributed by atoms with Crippen molar-refractivity contribution in [3.05, 3.63) is 24.3 Å². The van der Waals surface area contributed by atoms with Gasteiger partial charge in [-0.05, 0) is 30.2 Å². The first-order valence-corrected chi connectivity index (χ1v) is 7.19. The fraction of sp³-hybridized carbons (Fsp3) is 0.533. The van der Waals surface area contributed by atoms with Crippen molar-refractivity contribution in [1.29, 1.82) is 0 Å². The van der Waals surface area contributed by atoms with Gasteiger partial charge in [-0.1, -0.05) is 13.8 Å². The molecule has 25 heavy (non-hydrogen) atoms. The molecule has 4 nitrogen and oxygen atoms in total. The van der Waals surface area contributed by atoms with Gasteiger partial charge in [0.05, 0.1) is 7.11 Å². The van der Waals surface area contributed by atoms with E-state index >= 15 is 0 Å². The van der Waals surface area contributed by atoms with Crippen LogP contribution in [0.15, 0.2) is 24.3 Å². The van der Waals surface area contributed by atoms with Crippen molar-refractivity contribution in [3.8, 4) is 5.75 Å². The summed E-state index contributed by atoms with van der Waals surface area (Å²) in [5, 5.41) is 2.48. The average molecular weight is 372 g/mol. The molecule has 1 aromatic carbocycles. The van der Waals surface area contributed by atoms with E-state index in [1.54, 1.807) is 0 Å². The lowest BCUT2D eigenvalue weighted by Gasteiger charge is -2.39. The molecule has 0 saturated heterocycles. The first-order chi connectivity index (χ1) is 11.3. The fourth-order valence-corrected chi connectivity index (χ4v) is 2.00. The Balaban J connectivity index is 3.30. The molecule has 1 aromatic rings. The minimum absolute atomic E-state index is 0.249. The lowest BCUT2D eigenvalue weighted by atomic mass is 10.1. The third kappa shape index (κ3) is 4.93. The number of anilines is 1. The number of hydrogen-bond acceptors (Lipinski definition) is 3. The van der Waals surface area contributed by atoms with E-state index in [4.69, 9.17) is 4.74 Å². The minimum Gasteiger partial charge on any atom is -0.497 e. The molecule has 0 radical (unpaired) electrons. The molecule has 142 valence electrons. The Kier molecular flexibility index (Phi) is 6.19. The Bertz CT molecular complexity index is 567. The highest BCUT2D eigenvalue weighted by atomic mass is 19.4. The van der Waals surface area contributed by atoms with Crippen molar-refractivity contribution in [3.63, 3.8) is 0 Å². The van der Waals surface area contributed by atoms with Crippen LogP contribution in [0.2, 0.25) is 0 Å². The van der Waals surface area contributed by atoms with Gasteiger partial charge in [-0.3, -0.25) is 4.79 Å². The molecule has 0 spiro atoms. The third-order valence-electron chi connectivity index (χ3n) is 3.19. The average Bonchev–Trinajstić information content (AvgIpc) is 2.44.